The Balaban J connectivity index is 1.57. The van der Waals surface area contributed by atoms with Crippen molar-refractivity contribution in [2.75, 3.05) is 25.0 Å². The summed E-state index contributed by atoms with van der Waals surface area (Å²) in [6, 6.07) is 5.46. The van der Waals surface area contributed by atoms with Crippen LogP contribution in [-0.2, 0) is 16.0 Å². The van der Waals surface area contributed by atoms with E-state index in [1.54, 1.807) is 6.20 Å². The quantitative estimate of drug-likeness (QED) is 0.790. The van der Waals surface area contributed by atoms with Crippen molar-refractivity contribution in [3.05, 3.63) is 44.9 Å². The van der Waals surface area contributed by atoms with Gasteiger partial charge in [0.2, 0.25) is 0 Å². The molecule has 2 atom stereocenters. The first-order chi connectivity index (χ1) is 12.4. The molecule has 3 rings (SSSR count). The first-order valence-electron chi connectivity index (χ1n) is 8.57. The SMILES string of the molecule is C[C@@H]1C[NH+](CC(=O)Nc2ncc(Cc3c(Cl)cccc3Cl)s2)C[C@@H](C)O1. The summed E-state index contributed by atoms with van der Waals surface area (Å²) >= 11 is 13.9. The van der Waals surface area contributed by atoms with E-state index >= 15 is 0 Å². The molecule has 26 heavy (non-hydrogen) atoms. The van der Waals surface area contributed by atoms with Crippen LogP contribution >= 0.6 is 34.5 Å². The summed E-state index contributed by atoms with van der Waals surface area (Å²) in [7, 11) is 0. The van der Waals surface area contributed by atoms with Crippen molar-refractivity contribution in [1.82, 2.24) is 4.98 Å². The molecule has 5 nitrogen and oxygen atoms in total. The summed E-state index contributed by atoms with van der Waals surface area (Å²) < 4.78 is 5.71. The van der Waals surface area contributed by atoms with Gasteiger partial charge in [-0.15, -0.1) is 11.3 Å². The second-order valence-electron chi connectivity index (χ2n) is 6.65. The molecule has 2 aromatic rings. The number of ether oxygens (including phenoxy) is 1. The molecule has 0 unspecified atom stereocenters. The molecule has 1 aromatic heterocycles. The molecule has 0 saturated carbocycles. The number of morpholine rings is 1. The van der Waals surface area contributed by atoms with Crippen LogP contribution in [0.4, 0.5) is 5.13 Å². The number of aromatic nitrogens is 1. The summed E-state index contributed by atoms with van der Waals surface area (Å²) in [5.41, 5.74) is 0.873. The van der Waals surface area contributed by atoms with Gasteiger partial charge in [0.1, 0.15) is 25.3 Å². The van der Waals surface area contributed by atoms with Crippen LogP contribution in [0.25, 0.3) is 0 Å². The zero-order chi connectivity index (χ0) is 18.7. The number of nitrogens with zero attached hydrogens (tertiary/aromatic N) is 1. The maximum Gasteiger partial charge on any atom is 0.281 e. The molecular weight excluding hydrogens is 393 g/mol. The number of quaternary nitrogens is 1. The van der Waals surface area contributed by atoms with E-state index in [2.05, 4.69) is 10.3 Å². The minimum absolute atomic E-state index is 0.0297. The smallest absolute Gasteiger partial charge is 0.281 e. The number of rotatable bonds is 5. The minimum Gasteiger partial charge on any atom is -0.364 e. The fraction of sp³-hybridized carbons (Fsp3) is 0.444. The van der Waals surface area contributed by atoms with Crippen LogP contribution in [0.15, 0.2) is 24.4 Å². The lowest BCUT2D eigenvalue weighted by Crippen LogP contribution is -3.16. The molecule has 1 aliphatic rings. The average Bonchev–Trinajstić information content (AvgIpc) is 2.97. The number of thiazole rings is 1. The summed E-state index contributed by atoms with van der Waals surface area (Å²) in [5, 5.41) is 4.76. The van der Waals surface area contributed by atoms with E-state index < -0.39 is 0 Å². The van der Waals surface area contributed by atoms with Gasteiger partial charge in [-0.2, -0.15) is 0 Å². The fourth-order valence-corrected chi connectivity index (χ4v) is 4.62. The third-order valence-electron chi connectivity index (χ3n) is 4.24. The third kappa shape index (κ3) is 5.18. The van der Waals surface area contributed by atoms with Gasteiger partial charge < -0.3 is 9.64 Å². The van der Waals surface area contributed by atoms with Crippen molar-refractivity contribution < 1.29 is 14.4 Å². The van der Waals surface area contributed by atoms with Crippen LogP contribution in [0, 0.1) is 0 Å². The predicted octanol–water partition coefficient (Wildman–Crippen LogP) is 2.67. The van der Waals surface area contributed by atoms with E-state index in [1.807, 2.05) is 32.0 Å². The van der Waals surface area contributed by atoms with E-state index in [0.717, 1.165) is 23.5 Å². The Morgan fingerprint density at radius 3 is 2.62 bits per heavy atom. The van der Waals surface area contributed by atoms with Crippen molar-refractivity contribution in [1.29, 1.82) is 0 Å². The van der Waals surface area contributed by atoms with Crippen molar-refractivity contribution in [3.63, 3.8) is 0 Å². The zero-order valence-corrected chi connectivity index (χ0v) is 17.0. The monoisotopic (exact) mass is 414 g/mol. The van der Waals surface area contributed by atoms with E-state index in [9.17, 15) is 4.79 Å². The molecule has 1 amide bonds. The van der Waals surface area contributed by atoms with Crippen LogP contribution in [0.5, 0.6) is 0 Å². The lowest BCUT2D eigenvalue weighted by molar-refractivity contribution is -0.907. The largest absolute Gasteiger partial charge is 0.364 e. The second kappa shape index (κ2) is 8.67. The Morgan fingerprint density at radius 2 is 1.96 bits per heavy atom. The maximum atomic E-state index is 12.3. The number of halogens is 2. The summed E-state index contributed by atoms with van der Waals surface area (Å²) in [4.78, 5) is 18.8. The van der Waals surface area contributed by atoms with Crippen molar-refractivity contribution in [2.45, 2.75) is 32.5 Å². The number of anilines is 1. The van der Waals surface area contributed by atoms with Gasteiger partial charge in [-0.05, 0) is 31.5 Å². The lowest BCUT2D eigenvalue weighted by atomic mass is 10.1. The molecule has 140 valence electrons. The molecule has 0 bridgehead atoms. The van der Waals surface area contributed by atoms with Crippen LogP contribution < -0.4 is 10.2 Å². The molecule has 1 fully saturated rings. The molecule has 2 N–H and O–H groups in total. The number of carbonyl (C=O) groups excluding carboxylic acids is 1. The topological polar surface area (TPSA) is 55.7 Å². The van der Waals surface area contributed by atoms with E-state index in [-0.39, 0.29) is 18.1 Å². The third-order valence-corrected chi connectivity index (χ3v) is 5.86. The number of hydrogen-bond acceptors (Lipinski definition) is 4. The second-order valence-corrected chi connectivity index (χ2v) is 8.58. The highest BCUT2D eigenvalue weighted by atomic mass is 35.5. The van der Waals surface area contributed by atoms with E-state index in [1.165, 1.54) is 16.2 Å². The van der Waals surface area contributed by atoms with E-state index in [4.69, 9.17) is 27.9 Å². The summed E-state index contributed by atoms with van der Waals surface area (Å²) in [6.07, 6.45) is 2.70. The molecule has 0 radical (unpaired) electrons. The van der Waals surface area contributed by atoms with E-state index in [0.29, 0.717) is 28.1 Å². The van der Waals surface area contributed by atoms with Gasteiger partial charge in [0.05, 0.1) is 0 Å². The number of nitrogens with one attached hydrogen (secondary N) is 2. The number of amides is 1. The van der Waals surface area contributed by atoms with Crippen molar-refractivity contribution in [3.8, 4) is 0 Å². The highest BCUT2D eigenvalue weighted by Gasteiger charge is 2.27. The fourth-order valence-electron chi connectivity index (χ4n) is 3.25. The van der Waals surface area contributed by atoms with Crippen molar-refractivity contribution >= 4 is 45.6 Å². The molecule has 8 heteroatoms. The van der Waals surface area contributed by atoms with Crippen LogP contribution in [-0.4, -0.2) is 42.7 Å². The number of carbonyl (C=O) groups is 1. The van der Waals surface area contributed by atoms with Gasteiger partial charge in [-0.3, -0.25) is 10.1 Å². The molecule has 0 aliphatic carbocycles. The first kappa shape index (κ1) is 19.6. The molecule has 2 heterocycles. The average molecular weight is 415 g/mol. The molecule has 0 spiro atoms. The van der Waals surface area contributed by atoms with Gasteiger partial charge >= 0.3 is 0 Å². The Kier molecular flexibility index (Phi) is 6.53. The Hall–Kier alpha value is -1.18. The highest BCUT2D eigenvalue weighted by Crippen LogP contribution is 2.29. The zero-order valence-electron chi connectivity index (χ0n) is 14.7. The molecule has 1 saturated heterocycles. The number of benzene rings is 1. The summed E-state index contributed by atoms with van der Waals surface area (Å²) in [5.74, 6) is -0.0297. The van der Waals surface area contributed by atoms with Gasteiger partial charge in [-0.1, -0.05) is 29.3 Å². The van der Waals surface area contributed by atoms with Gasteiger partial charge in [0, 0.05) is 27.5 Å². The Labute approximate surface area is 167 Å². The molecule has 1 aliphatic heterocycles. The standard InChI is InChI=1S/C18H21Cl2N3O2S/c1-11-8-23(9-12(2)25-11)10-17(24)22-18-21-7-13(26-18)6-14-15(19)4-3-5-16(14)20/h3-5,7,11-12H,6,8-10H2,1-2H3,(H,21,22,24)/p+1/t11-,12-/m1/s1. The van der Waals surface area contributed by atoms with Gasteiger partial charge in [0.15, 0.2) is 11.7 Å². The highest BCUT2D eigenvalue weighted by molar-refractivity contribution is 7.15. The van der Waals surface area contributed by atoms with Gasteiger partial charge in [0.25, 0.3) is 5.91 Å². The van der Waals surface area contributed by atoms with Gasteiger partial charge in [-0.25, -0.2) is 4.98 Å². The Morgan fingerprint density at radius 1 is 1.31 bits per heavy atom. The van der Waals surface area contributed by atoms with Crippen molar-refractivity contribution in [2.24, 2.45) is 0 Å². The van der Waals surface area contributed by atoms with Crippen LogP contribution in [0.2, 0.25) is 10.0 Å². The molecule has 1 aromatic carbocycles. The maximum absolute atomic E-state index is 12.3. The van der Waals surface area contributed by atoms with Crippen LogP contribution in [0.3, 0.4) is 0 Å². The summed E-state index contributed by atoms with van der Waals surface area (Å²) in [6.45, 7) is 6.18. The number of hydrogen-bond donors (Lipinski definition) is 2. The van der Waals surface area contributed by atoms with Crippen LogP contribution in [0.1, 0.15) is 24.3 Å². The Bertz CT molecular complexity index is 753. The first-order valence-corrected chi connectivity index (χ1v) is 10.1. The molecular formula is C18H22Cl2N3O2S+. The normalized spacial score (nSPS) is 23.0. The predicted molar refractivity (Wildman–Crippen MR) is 106 cm³/mol. The minimum atomic E-state index is -0.0297. The lowest BCUT2D eigenvalue weighted by Gasteiger charge is -2.31.